The second-order valence-corrected chi connectivity index (χ2v) is 4.93. The molecule has 0 radical (unpaired) electrons. The van der Waals surface area contributed by atoms with Gasteiger partial charge in [-0.15, -0.1) is 11.3 Å². The average Bonchev–Trinajstić information content (AvgIpc) is 2.86. The molecule has 0 aromatic carbocycles. The minimum Gasteiger partial charge on any atom is -0.386 e. The van der Waals surface area contributed by atoms with Crippen molar-refractivity contribution in [3.63, 3.8) is 0 Å². The van der Waals surface area contributed by atoms with Crippen molar-refractivity contribution in [1.29, 1.82) is 0 Å². The van der Waals surface area contributed by atoms with Gasteiger partial charge in [-0.25, -0.2) is 0 Å². The summed E-state index contributed by atoms with van der Waals surface area (Å²) >= 11 is 1.51. The maximum Gasteiger partial charge on any atom is 0.236 e. The van der Waals surface area contributed by atoms with E-state index >= 15 is 0 Å². The monoisotopic (exact) mass is 256 g/mol. The van der Waals surface area contributed by atoms with E-state index in [9.17, 15) is 9.90 Å². The lowest BCUT2D eigenvalue weighted by Gasteiger charge is -2.16. The first-order valence-corrected chi connectivity index (χ1v) is 6.75. The molecular formula is C12H20N2O2S. The van der Waals surface area contributed by atoms with Gasteiger partial charge in [-0.3, -0.25) is 4.79 Å². The van der Waals surface area contributed by atoms with Crippen LogP contribution < -0.4 is 10.6 Å². The molecule has 3 N–H and O–H groups in total. The highest BCUT2D eigenvalue weighted by Gasteiger charge is 2.14. The number of carbonyl (C=O) groups excluding carboxylic acids is 1. The van der Waals surface area contributed by atoms with Crippen LogP contribution in [0.4, 0.5) is 0 Å². The minimum absolute atomic E-state index is 0.0229. The molecule has 0 aliphatic carbocycles. The van der Waals surface area contributed by atoms with Crippen LogP contribution in [-0.2, 0) is 4.79 Å². The normalized spacial score (nSPS) is 14.3. The first kappa shape index (κ1) is 14.2. The topological polar surface area (TPSA) is 61.4 Å². The second kappa shape index (κ2) is 7.42. The van der Waals surface area contributed by atoms with Gasteiger partial charge in [-0.1, -0.05) is 13.0 Å². The van der Waals surface area contributed by atoms with Crippen molar-refractivity contribution in [2.24, 2.45) is 0 Å². The predicted octanol–water partition coefficient (Wildman–Crippen LogP) is 1.29. The first-order valence-electron chi connectivity index (χ1n) is 5.87. The largest absolute Gasteiger partial charge is 0.386 e. The van der Waals surface area contributed by atoms with Gasteiger partial charge in [-0.05, 0) is 24.8 Å². The Bertz CT molecular complexity index is 327. The van der Waals surface area contributed by atoms with Crippen LogP contribution in [0.3, 0.4) is 0 Å². The molecule has 1 amide bonds. The minimum atomic E-state index is -0.545. The van der Waals surface area contributed by atoms with Gasteiger partial charge in [0.25, 0.3) is 0 Å². The Hall–Kier alpha value is -0.910. The molecule has 0 bridgehead atoms. The maximum absolute atomic E-state index is 11.5. The number of hydrogen-bond acceptors (Lipinski definition) is 4. The van der Waals surface area contributed by atoms with E-state index < -0.39 is 6.10 Å². The smallest absolute Gasteiger partial charge is 0.236 e. The Morgan fingerprint density at radius 3 is 2.94 bits per heavy atom. The fourth-order valence-electron chi connectivity index (χ4n) is 1.36. The van der Waals surface area contributed by atoms with Crippen LogP contribution in [-0.4, -0.2) is 30.1 Å². The number of rotatable bonds is 7. The van der Waals surface area contributed by atoms with Crippen LogP contribution in [0.5, 0.6) is 0 Å². The summed E-state index contributed by atoms with van der Waals surface area (Å²) in [5.74, 6) is -0.0229. The first-order chi connectivity index (χ1) is 8.15. The number of hydrogen-bond donors (Lipinski definition) is 3. The van der Waals surface area contributed by atoms with E-state index in [1.165, 1.54) is 11.3 Å². The van der Waals surface area contributed by atoms with Crippen molar-refractivity contribution in [2.75, 3.05) is 13.1 Å². The zero-order chi connectivity index (χ0) is 12.7. The molecule has 0 spiro atoms. The number of aliphatic hydroxyl groups is 1. The lowest BCUT2D eigenvalue weighted by Crippen LogP contribution is -2.43. The second-order valence-electron chi connectivity index (χ2n) is 3.95. The molecule has 0 saturated carbocycles. The molecule has 2 unspecified atom stereocenters. The van der Waals surface area contributed by atoms with E-state index in [-0.39, 0.29) is 11.9 Å². The Labute approximate surface area is 106 Å². The molecule has 96 valence electrons. The van der Waals surface area contributed by atoms with E-state index in [4.69, 9.17) is 0 Å². The fraction of sp³-hybridized carbons (Fsp3) is 0.583. The Kier molecular flexibility index (Phi) is 6.18. The Morgan fingerprint density at radius 1 is 1.59 bits per heavy atom. The molecule has 1 rings (SSSR count). The van der Waals surface area contributed by atoms with E-state index in [0.717, 1.165) is 11.3 Å². The van der Waals surface area contributed by atoms with Crippen LogP contribution in [0.2, 0.25) is 0 Å². The highest BCUT2D eigenvalue weighted by molar-refractivity contribution is 7.10. The third-order valence-electron chi connectivity index (χ3n) is 2.43. The number of amides is 1. The van der Waals surface area contributed by atoms with Crippen molar-refractivity contribution >= 4 is 17.2 Å². The molecule has 5 heteroatoms. The van der Waals surface area contributed by atoms with Crippen LogP contribution in [0, 0.1) is 0 Å². The van der Waals surface area contributed by atoms with E-state index in [0.29, 0.717) is 13.1 Å². The summed E-state index contributed by atoms with van der Waals surface area (Å²) in [6.45, 7) is 4.89. The standard InChI is InChI=1S/C12H20N2O2S/c1-3-6-13-12(16)9(2)14-8-10(15)11-5-4-7-17-11/h4-5,7,9-10,14-15H,3,6,8H2,1-2H3,(H,13,16). The maximum atomic E-state index is 11.5. The van der Waals surface area contributed by atoms with Gasteiger partial charge >= 0.3 is 0 Å². The SMILES string of the molecule is CCCNC(=O)C(C)NCC(O)c1cccs1. The van der Waals surface area contributed by atoms with Crippen molar-refractivity contribution < 1.29 is 9.90 Å². The van der Waals surface area contributed by atoms with Crippen molar-refractivity contribution in [3.8, 4) is 0 Å². The zero-order valence-electron chi connectivity index (χ0n) is 10.3. The molecule has 1 aromatic heterocycles. The van der Waals surface area contributed by atoms with Crippen LogP contribution >= 0.6 is 11.3 Å². The van der Waals surface area contributed by atoms with Crippen LogP contribution in [0.15, 0.2) is 17.5 Å². The highest BCUT2D eigenvalue weighted by Crippen LogP contribution is 2.17. The molecule has 0 fully saturated rings. The predicted molar refractivity (Wildman–Crippen MR) is 70.0 cm³/mol. The van der Waals surface area contributed by atoms with Gasteiger partial charge in [0.2, 0.25) is 5.91 Å². The zero-order valence-corrected chi connectivity index (χ0v) is 11.1. The number of nitrogens with one attached hydrogen (secondary N) is 2. The van der Waals surface area contributed by atoms with Gasteiger partial charge in [0, 0.05) is 18.0 Å². The highest BCUT2D eigenvalue weighted by atomic mass is 32.1. The number of carbonyl (C=O) groups is 1. The van der Waals surface area contributed by atoms with Crippen LogP contribution in [0.1, 0.15) is 31.2 Å². The van der Waals surface area contributed by atoms with Gasteiger partial charge in [0.05, 0.1) is 6.04 Å². The molecule has 1 aromatic rings. The van der Waals surface area contributed by atoms with Crippen molar-refractivity contribution in [1.82, 2.24) is 10.6 Å². The molecule has 4 nitrogen and oxygen atoms in total. The average molecular weight is 256 g/mol. The summed E-state index contributed by atoms with van der Waals surface area (Å²) < 4.78 is 0. The molecule has 0 aliphatic heterocycles. The van der Waals surface area contributed by atoms with Gasteiger partial charge < -0.3 is 15.7 Å². The molecule has 17 heavy (non-hydrogen) atoms. The summed E-state index contributed by atoms with van der Waals surface area (Å²) in [5.41, 5.74) is 0. The summed E-state index contributed by atoms with van der Waals surface area (Å²) in [7, 11) is 0. The van der Waals surface area contributed by atoms with Gasteiger partial charge in [0.1, 0.15) is 6.10 Å². The lowest BCUT2D eigenvalue weighted by atomic mass is 10.2. The summed E-state index contributed by atoms with van der Waals surface area (Å²) in [6.07, 6.45) is 0.382. The van der Waals surface area contributed by atoms with Crippen molar-refractivity contribution in [3.05, 3.63) is 22.4 Å². The third-order valence-corrected chi connectivity index (χ3v) is 3.41. The Balaban J connectivity index is 2.27. The Morgan fingerprint density at radius 2 is 2.35 bits per heavy atom. The quantitative estimate of drug-likeness (QED) is 0.689. The summed E-state index contributed by atoms with van der Waals surface area (Å²) in [5, 5.41) is 17.6. The summed E-state index contributed by atoms with van der Waals surface area (Å²) in [4.78, 5) is 12.5. The van der Waals surface area contributed by atoms with Gasteiger partial charge in [0.15, 0.2) is 0 Å². The molecule has 0 saturated heterocycles. The molecule has 1 heterocycles. The molecule has 0 aliphatic rings. The summed E-state index contributed by atoms with van der Waals surface area (Å²) in [6, 6.07) is 3.51. The van der Waals surface area contributed by atoms with Crippen LogP contribution in [0.25, 0.3) is 0 Å². The fourth-order valence-corrected chi connectivity index (χ4v) is 2.08. The van der Waals surface area contributed by atoms with E-state index in [1.807, 2.05) is 24.4 Å². The van der Waals surface area contributed by atoms with Crippen molar-refractivity contribution in [2.45, 2.75) is 32.4 Å². The lowest BCUT2D eigenvalue weighted by molar-refractivity contribution is -0.122. The molecule has 2 atom stereocenters. The molecular weight excluding hydrogens is 236 g/mol. The van der Waals surface area contributed by atoms with E-state index in [1.54, 1.807) is 6.92 Å². The van der Waals surface area contributed by atoms with E-state index in [2.05, 4.69) is 10.6 Å². The number of thiophene rings is 1. The number of aliphatic hydroxyl groups excluding tert-OH is 1. The van der Waals surface area contributed by atoms with Gasteiger partial charge in [-0.2, -0.15) is 0 Å². The third kappa shape index (κ3) is 4.85.